The third-order valence-electron chi connectivity index (χ3n) is 4.27. The lowest BCUT2D eigenvalue weighted by atomic mass is 10.1. The first-order valence-corrected chi connectivity index (χ1v) is 9.57. The fraction of sp³-hybridized carbons (Fsp3) is 0.150. The van der Waals surface area contributed by atoms with Crippen LogP contribution in [0.15, 0.2) is 47.8 Å². The number of hydrogen-bond donors (Lipinski definition) is 2. The van der Waals surface area contributed by atoms with E-state index in [0.29, 0.717) is 33.6 Å². The van der Waals surface area contributed by atoms with Gasteiger partial charge in [0.1, 0.15) is 17.3 Å². The third kappa shape index (κ3) is 4.04. The summed E-state index contributed by atoms with van der Waals surface area (Å²) in [5.41, 5.74) is 1.53. The molecule has 1 aliphatic heterocycles. The Balaban J connectivity index is 1.44. The molecule has 0 spiro atoms. The Labute approximate surface area is 169 Å². The van der Waals surface area contributed by atoms with Crippen LogP contribution in [0.3, 0.4) is 0 Å². The third-order valence-corrected chi connectivity index (χ3v) is 5.02. The van der Waals surface area contributed by atoms with Gasteiger partial charge in [-0.15, -0.1) is 11.3 Å². The molecule has 1 aromatic heterocycles. The van der Waals surface area contributed by atoms with Crippen molar-refractivity contribution in [3.8, 4) is 22.8 Å². The van der Waals surface area contributed by atoms with E-state index in [9.17, 15) is 14.0 Å². The Morgan fingerprint density at radius 1 is 1.34 bits per heavy atom. The molecule has 1 atom stereocenters. The lowest BCUT2D eigenvalue weighted by molar-refractivity contribution is -0.128. The Hall–Kier alpha value is -3.46. The van der Waals surface area contributed by atoms with Crippen LogP contribution in [-0.2, 0) is 9.59 Å². The van der Waals surface area contributed by atoms with Crippen LogP contribution in [0.25, 0.3) is 11.3 Å². The highest BCUT2D eigenvalue weighted by Crippen LogP contribution is 2.33. The number of carbonyl (C=O) groups is 2. The molecule has 1 unspecified atom stereocenters. The number of para-hydroxylation sites is 2. The number of nitrogens with zero attached hydrogens (tertiary/aromatic N) is 1. The molecule has 1 aliphatic rings. The summed E-state index contributed by atoms with van der Waals surface area (Å²) in [5.74, 6) is -0.236. The minimum absolute atomic E-state index is 0.168. The zero-order chi connectivity index (χ0) is 20.4. The standard InChI is InChI=1S/C20H16FN3O4S/c1-27-15-7-6-11(21)8-12(15)14-10-29-20(23-14)24-18(25)9-17-19(26)22-13-4-2-3-5-16(13)28-17/h2-8,10,17H,9H2,1H3,(H,22,26)(H,23,24,25). The van der Waals surface area contributed by atoms with Gasteiger partial charge in [0.2, 0.25) is 5.91 Å². The highest BCUT2D eigenvalue weighted by molar-refractivity contribution is 7.14. The topological polar surface area (TPSA) is 89.5 Å². The van der Waals surface area contributed by atoms with Crippen LogP contribution in [0.1, 0.15) is 6.42 Å². The minimum atomic E-state index is -0.937. The fourth-order valence-corrected chi connectivity index (χ4v) is 3.63. The number of halogens is 1. The van der Waals surface area contributed by atoms with Crippen molar-refractivity contribution in [3.05, 3.63) is 53.7 Å². The molecule has 2 aromatic carbocycles. The number of amides is 2. The first kappa shape index (κ1) is 18.9. The molecule has 3 aromatic rings. The molecular formula is C20H16FN3O4S. The molecule has 9 heteroatoms. The number of ether oxygens (including phenoxy) is 2. The summed E-state index contributed by atoms with van der Waals surface area (Å²) in [6, 6.07) is 11.1. The predicted octanol–water partition coefficient (Wildman–Crippen LogP) is 3.69. The van der Waals surface area contributed by atoms with E-state index in [1.54, 1.807) is 29.6 Å². The molecule has 0 fully saturated rings. The lowest BCUT2D eigenvalue weighted by Gasteiger charge is -2.25. The number of carbonyl (C=O) groups excluding carboxylic acids is 2. The molecule has 0 radical (unpaired) electrons. The first-order chi connectivity index (χ1) is 14.0. The van der Waals surface area contributed by atoms with Crippen molar-refractivity contribution >= 4 is 34.0 Å². The van der Waals surface area contributed by atoms with E-state index in [-0.39, 0.29) is 12.3 Å². The Morgan fingerprint density at radius 3 is 3.00 bits per heavy atom. The van der Waals surface area contributed by atoms with Crippen molar-refractivity contribution < 1.29 is 23.5 Å². The predicted molar refractivity (Wildman–Crippen MR) is 107 cm³/mol. The second-order valence-electron chi connectivity index (χ2n) is 6.23. The van der Waals surface area contributed by atoms with Crippen molar-refractivity contribution in [2.45, 2.75) is 12.5 Å². The Kier molecular flexibility index (Phi) is 5.13. The van der Waals surface area contributed by atoms with E-state index in [1.807, 2.05) is 0 Å². The smallest absolute Gasteiger partial charge is 0.266 e. The highest BCUT2D eigenvalue weighted by atomic mass is 32.1. The van der Waals surface area contributed by atoms with Gasteiger partial charge in [-0.25, -0.2) is 9.37 Å². The summed E-state index contributed by atoms with van der Waals surface area (Å²) >= 11 is 1.19. The monoisotopic (exact) mass is 413 g/mol. The van der Waals surface area contributed by atoms with Gasteiger partial charge in [-0.1, -0.05) is 12.1 Å². The average Bonchev–Trinajstić information content (AvgIpc) is 3.16. The van der Waals surface area contributed by atoms with Crippen LogP contribution in [0.5, 0.6) is 11.5 Å². The van der Waals surface area contributed by atoms with Crippen LogP contribution < -0.4 is 20.1 Å². The van der Waals surface area contributed by atoms with Gasteiger partial charge in [-0.3, -0.25) is 9.59 Å². The molecule has 7 nitrogen and oxygen atoms in total. The van der Waals surface area contributed by atoms with Crippen LogP contribution in [0.2, 0.25) is 0 Å². The average molecular weight is 413 g/mol. The molecule has 148 valence electrons. The van der Waals surface area contributed by atoms with E-state index >= 15 is 0 Å². The van der Waals surface area contributed by atoms with E-state index < -0.39 is 17.8 Å². The number of fused-ring (bicyclic) bond motifs is 1. The van der Waals surface area contributed by atoms with Gasteiger partial charge < -0.3 is 20.1 Å². The number of benzene rings is 2. The molecular weight excluding hydrogens is 397 g/mol. The largest absolute Gasteiger partial charge is 0.496 e. The summed E-state index contributed by atoms with van der Waals surface area (Å²) in [7, 11) is 1.49. The van der Waals surface area contributed by atoms with Gasteiger partial charge >= 0.3 is 0 Å². The number of aromatic nitrogens is 1. The Bertz CT molecular complexity index is 1090. The molecule has 0 bridgehead atoms. The second-order valence-corrected chi connectivity index (χ2v) is 7.08. The number of nitrogens with one attached hydrogen (secondary N) is 2. The van der Waals surface area contributed by atoms with Gasteiger partial charge in [0.15, 0.2) is 11.2 Å². The van der Waals surface area contributed by atoms with Crippen molar-refractivity contribution in [2.75, 3.05) is 17.7 Å². The maximum absolute atomic E-state index is 13.6. The Morgan fingerprint density at radius 2 is 2.17 bits per heavy atom. The molecule has 2 N–H and O–H groups in total. The summed E-state index contributed by atoms with van der Waals surface area (Å²) in [6.45, 7) is 0. The summed E-state index contributed by atoms with van der Waals surface area (Å²) in [5, 5.41) is 7.38. The van der Waals surface area contributed by atoms with E-state index in [0.717, 1.165) is 0 Å². The molecule has 0 saturated carbocycles. The number of rotatable bonds is 5. The molecule has 0 saturated heterocycles. The second kappa shape index (κ2) is 7.88. The molecule has 2 heterocycles. The van der Waals surface area contributed by atoms with Crippen molar-refractivity contribution in [2.24, 2.45) is 0 Å². The highest BCUT2D eigenvalue weighted by Gasteiger charge is 2.29. The maximum Gasteiger partial charge on any atom is 0.266 e. The molecule has 0 aliphatic carbocycles. The number of anilines is 2. The number of thiazole rings is 1. The van der Waals surface area contributed by atoms with E-state index in [1.165, 1.54) is 36.6 Å². The van der Waals surface area contributed by atoms with Crippen LogP contribution in [0, 0.1) is 5.82 Å². The molecule has 4 rings (SSSR count). The fourth-order valence-electron chi connectivity index (χ4n) is 2.90. The lowest BCUT2D eigenvalue weighted by Crippen LogP contribution is -2.39. The van der Waals surface area contributed by atoms with Gasteiger partial charge in [-0.2, -0.15) is 0 Å². The zero-order valence-corrected chi connectivity index (χ0v) is 16.1. The number of hydrogen-bond acceptors (Lipinski definition) is 6. The number of methoxy groups -OCH3 is 1. The SMILES string of the molecule is COc1ccc(F)cc1-c1csc(NC(=O)CC2Oc3ccccc3NC2=O)n1. The van der Waals surface area contributed by atoms with E-state index in [4.69, 9.17) is 9.47 Å². The van der Waals surface area contributed by atoms with Crippen molar-refractivity contribution in [3.63, 3.8) is 0 Å². The van der Waals surface area contributed by atoms with Crippen LogP contribution in [-0.4, -0.2) is 30.0 Å². The normalized spacial score (nSPS) is 15.1. The zero-order valence-electron chi connectivity index (χ0n) is 15.3. The van der Waals surface area contributed by atoms with Crippen LogP contribution in [0.4, 0.5) is 15.2 Å². The van der Waals surface area contributed by atoms with Crippen molar-refractivity contribution in [1.82, 2.24) is 4.98 Å². The summed E-state index contributed by atoms with van der Waals surface area (Å²) in [6.07, 6.45) is -1.11. The maximum atomic E-state index is 13.6. The molecule has 29 heavy (non-hydrogen) atoms. The van der Waals surface area contributed by atoms with Gasteiger partial charge in [0.05, 0.1) is 24.9 Å². The van der Waals surface area contributed by atoms with E-state index in [2.05, 4.69) is 15.6 Å². The summed E-state index contributed by atoms with van der Waals surface area (Å²) < 4.78 is 24.4. The van der Waals surface area contributed by atoms with Gasteiger partial charge in [-0.05, 0) is 30.3 Å². The van der Waals surface area contributed by atoms with Crippen LogP contribution >= 0.6 is 11.3 Å². The van der Waals surface area contributed by atoms with Gasteiger partial charge in [0.25, 0.3) is 5.91 Å². The minimum Gasteiger partial charge on any atom is -0.496 e. The van der Waals surface area contributed by atoms with Crippen molar-refractivity contribution in [1.29, 1.82) is 0 Å². The molecule has 2 amide bonds. The summed E-state index contributed by atoms with van der Waals surface area (Å²) in [4.78, 5) is 28.8. The quantitative estimate of drug-likeness (QED) is 0.666. The van der Waals surface area contributed by atoms with Gasteiger partial charge in [0, 0.05) is 10.9 Å². The first-order valence-electron chi connectivity index (χ1n) is 8.69.